The average molecular weight is 265 g/mol. The molecular formula is C13H9F2NO3. The van der Waals surface area contributed by atoms with Crippen LogP contribution in [-0.4, -0.2) is 11.1 Å². The molecule has 3 N–H and O–H groups in total. The van der Waals surface area contributed by atoms with Gasteiger partial charge in [-0.15, -0.1) is 0 Å². The van der Waals surface area contributed by atoms with Crippen LogP contribution in [0.1, 0.15) is 10.4 Å². The Hall–Kier alpha value is -2.63. The first-order chi connectivity index (χ1) is 8.95. The molecule has 0 aliphatic heterocycles. The van der Waals surface area contributed by atoms with E-state index < -0.39 is 17.6 Å². The van der Waals surface area contributed by atoms with Gasteiger partial charge < -0.3 is 15.6 Å². The normalized spacial score (nSPS) is 10.2. The Morgan fingerprint density at radius 1 is 1.11 bits per heavy atom. The lowest BCUT2D eigenvalue weighted by Gasteiger charge is -2.09. The van der Waals surface area contributed by atoms with Crippen molar-refractivity contribution in [3.63, 3.8) is 0 Å². The molecule has 0 fully saturated rings. The molecule has 19 heavy (non-hydrogen) atoms. The van der Waals surface area contributed by atoms with Gasteiger partial charge in [0.25, 0.3) is 0 Å². The summed E-state index contributed by atoms with van der Waals surface area (Å²) in [6, 6.07) is 6.50. The van der Waals surface area contributed by atoms with Crippen LogP contribution in [0.4, 0.5) is 14.5 Å². The molecule has 0 aliphatic rings. The summed E-state index contributed by atoms with van der Waals surface area (Å²) in [6.45, 7) is 0. The summed E-state index contributed by atoms with van der Waals surface area (Å²) in [7, 11) is 0. The molecule has 2 aromatic rings. The van der Waals surface area contributed by atoms with Gasteiger partial charge in [0, 0.05) is 18.2 Å². The summed E-state index contributed by atoms with van der Waals surface area (Å²) >= 11 is 0. The van der Waals surface area contributed by atoms with E-state index in [0.29, 0.717) is 6.07 Å². The van der Waals surface area contributed by atoms with Crippen molar-refractivity contribution in [1.29, 1.82) is 0 Å². The number of carbonyl (C=O) groups is 1. The lowest BCUT2D eigenvalue weighted by molar-refractivity contribution is 0.0697. The van der Waals surface area contributed by atoms with Crippen LogP contribution >= 0.6 is 0 Å². The Kier molecular flexibility index (Phi) is 3.33. The van der Waals surface area contributed by atoms with Crippen molar-refractivity contribution in [2.45, 2.75) is 0 Å². The highest BCUT2D eigenvalue weighted by atomic mass is 19.1. The highest BCUT2D eigenvalue weighted by Crippen LogP contribution is 2.29. The van der Waals surface area contributed by atoms with E-state index >= 15 is 0 Å². The lowest BCUT2D eigenvalue weighted by Crippen LogP contribution is -1.99. The third kappa shape index (κ3) is 2.98. The minimum atomic E-state index is -1.13. The molecule has 2 rings (SSSR count). The lowest BCUT2D eigenvalue weighted by atomic mass is 10.2. The van der Waals surface area contributed by atoms with Crippen molar-refractivity contribution in [3.05, 3.63) is 53.6 Å². The predicted octanol–water partition coefficient (Wildman–Crippen LogP) is 3.04. The van der Waals surface area contributed by atoms with Crippen LogP contribution in [0, 0.1) is 11.6 Å². The molecule has 0 unspecified atom stereocenters. The molecule has 2 aromatic carbocycles. The van der Waals surface area contributed by atoms with Crippen LogP contribution in [0.25, 0.3) is 0 Å². The third-order valence-corrected chi connectivity index (χ3v) is 2.32. The zero-order chi connectivity index (χ0) is 14.0. The summed E-state index contributed by atoms with van der Waals surface area (Å²) < 4.78 is 31.2. The molecule has 6 heteroatoms. The Balaban J connectivity index is 2.30. The van der Waals surface area contributed by atoms with E-state index in [1.165, 1.54) is 18.2 Å². The quantitative estimate of drug-likeness (QED) is 0.836. The van der Waals surface area contributed by atoms with Crippen LogP contribution in [0.15, 0.2) is 36.4 Å². The Morgan fingerprint density at radius 3 is 2.26 bits per heavy atom. The summed E-state index contributed by atoms with van der Waals surface area (Å²) in [6.07, 6.45) is 0. The summed E-state index contributed by atoms with van der Waals surface area (Å²) in [5, 5.41) is 8.77. The number of halogens is 2. The second kappa shape index (κ2) is 4.93. The zero-order valence-corrected chi connectivity index (χ0v) is 9.56. The number of hydrogen-bond acceptors (Lipinski definition) is 3. The second-order valence-electron chi connectivity index (χ2n) is 3.76. The SMILES string of the molecule is Nc1cc(C(=O)O)ccc1Oc1cc(F)cc(F)c1. The maximum absolute atomic E-state index is 13.0. The van der Waals surface area contributed by atoms with Gasteiger partial charge in [0.1, 0.15) is 23.1 Å². The Labute approximate surface area is 107 Å². The van der Waals surface area contributed by atoms with E-state index in [0.717, 1.165) is 12.1 Å². The van der Waals surface area contributed by atoms with Crippen LogP contribution in [0.3, 0.4) is 0 Å². The average Bonchev–Trinajstić information content (AvgIpc) is 2.30. The van der Waals surface area contributed by atoms with Crippen LogP contribution in [0.2, 0.25) is 0 Å². The van der Waals surface area contributed by atoms with Crippen molar-refractivity contribution in [3.8, 4) is 11.5 Å². The van der Waals surface area contributed by atoms with Gasteiger partial charge in [-0.3, -0.25) is 0 Å². The van der Waals surface area contributed by atoms with E-state index in [2.05, 4.69) is 0 Å². The van der Waals surface area contributed by atoms with E-state index in [1.807, 2.05) is 0 Å². The molecular weight excluding hydrogens is 256 g/mol. The van der Waals surface area contributed by atoms with Gasteiger partial charge >= 0.3 is 5.97 Å². The fraction of sp³-hybridized carbons (Fsp3) is 0. The minimum Gasteiger partial charge on any atom is -0.478 e. The fourth-order valence-electron chi connectivity index (χ4n) is 1.49. The number of rotatable bonds is 3. The molecule has 0 saturated carbocycles. The number of carboxylic acid groups (broad SMARTS) is 1. The number of anilines is 1. The van der Waals surface area contributed by atoms with Crippen molar-refractivity contribution in [2.24, 2.45) is 0 Å². The molecule has 0 amide bonds. The molecule has 0 saturated heterocycles. The van der Waals surface area contributed by atoms with Crippen molar-refractivity contribution in [2.75, 3.05) is 5.73 Å². The summed E-state index contributed by atoms with van der Waals surface area (Å²) in [4.78, 5) is 10.7. The molecule has 0 aromatic heterocycles. The maximum atomic E-state index is 13.0. The van der Waals surface area contributed by atoms with Gasteiger partial charge in [-0.1, -0.05) is 0 Å². The van der Waals surface area contributed by atoms with E-state index in [1.54, 1.807) is 0 Å². The van der Waals surface area contributed by atoms with Gasteiger partial charge in [-0.25, -0.2) is 13.6 Å². The molecule has 0 atom stereocenters. The molecule has 0 aliphatic carbocycles. The number of benzene rings is 2. The summed E-state index contributed by atoms with van der Waals surface area (Å²) in [5.74, 6) is -2.64. The van der Waals surface area contributed by atoms with Crippen molar-refractivity contribution in [1.82, 2.24) is 0 Å². The van der Waals surface area contributed by atoms with Crippen LogP contribution in [0.5, 0.6) is 11.5 Å². The van der Waals surface area contributed by atoms with Gasteiger partial charge in [-0.05, 0) is 18.2 Å². The van der Waals surface area contributed by atoms with Crippen LogP contribution in [-0.2, 0) is 0 Å². The Morgan fingerprint density at radius 2 is 1.74 bits per heavy atom. The minimum absolute atomic E-state index is 0.00438. The smallest absolute Gasteiger partial charge is 0.335 e. The standard InChI is InChI=1S/C13H9F2NO3/c14-8-4-9(15)6-10(5-8)19-12-2-1-7(13(17)18)3-11(12)16/h1-6H,16H2,(H,17,18). The number of nitrogen functional groups attached to an aromatic ring is 1. The molecule has 0 bridgehead atoms. The van der Waals surface area contributed by atoms with E-state index in [9.17, 15) is 13.6 Å². The van der Waals surface area contributed by atoms with Crippen molar-refractivity contribution >= 4 is 11.7 Å². The monoisotopic (exact) mass is 265 g/mol. The summed E-state index contributed by atoms with van der Waals surface area (Å²) in [5.41, 5.74) is 5.66. The molecule has 98 valence electrons. The van der Waals surface area contributed by atoms with Crippen molar-refractivity contribution < 1.29 is 23.4 Å². The van der Waals surface area contributed by atoms with Gasteiger partial charge in [0.15, 0.2) is 0 Å². The first-order valence-electron chi connectivity index (χ1n) is 5.22. The van der Waals surface area contributed by atoms with Gasteiger partial charge in [-0.2, -0.15) is 0 Å². The van der Waals surface area contributed by atoms with Gasteiger partial charge in [0.2, 0.25) is 0 Å². The third-order valence-electron chi connectivity index (χ3n) is 2.32. The van der Waals surface area contributed by atoms with Crippen LogP contribution < -0.4 is 10.5 Å². The number of carboxylic acids is 1. The molecule has 0 heterocycles. The predicted molar refractivity (Wildman–Crippen MR) is 64.2 cm³/mol. The number of aromatic carboxylic acids is 1. The molecule has 0 spiro atoms. The van der Waals surface area contributed by atoms with E-state index in [4.69, 9.17) is 15.6 Å². The number of hydrogen-bond donors (Lipinski definition) is 2. The molecule has 0 radical (unpaired) electrons. The molecule has 4 nitrogen and oxygen atoms in total. The topological polar surface area (TPSA) is 72.6 Å². The highest BCUT2D eigenvalue weighted by molar-refractivity contribution is 5.89. The first-order valence-corrected chi connectivity index (χ1v) is 5.22. The fourth-order valence-corrected chi connectivity index (χ4v) is 1.49. The first kappa shape index (κ1) is 12.8. The second-order valence-corrected chi connectivity index (χ2v) is 3.76. The number of nitrogens with two attached hydrogens (primary N) is 1. The van der Waals surface area contributed by atoms with E-state index in [-0.39, 0.29) is 22.7 Å². The Bertz CT molecular complexity index is 624. The zero-order valence-electron chi connectivity index (χ0n) is 9.56. The van der Waals surface area contributed by atoms with Gasteiger partial charge in [0.05, 0.1) is 11.3 Å². The number of ether oxygens (including phenoxy) is 1. The largest absolute Gasteiger partial charge is 0.478 e. The highest BCUT2D eigenvalue weighted by Gasteiger charge is 2.09. The maximum Gasteiger partial charge on any atom is 0.335 e.